The Bertz CT molecular complexity index is 736. The molecule has 1 aromatic carbocycles. The largest absolute Gasteiger partial charge is 0.389 e. The van der Waals surface area contributed by atoms with Gasteiger partial charge in [0.1, 0.15) is 9.20 Å². The summed E-state index contributed by atoms with van der Waals surface area (Å²) in [7, 11) is -3.56. The number of nitrogens with two attached hydrogens (primary N) is 1. The third-order valence-electron chi connectivity index (χ3n) is 2.65. The van der Waals surface area contributed by atoms with E-state index in [-0.39, 0.29) is 4.99 Å². The van der Waals surface area contributed by atoms with Crippen LogP contribution in [-0.2, 0) is 16.4 Å². The zero-order valence-corrected chi connectivity index (χ0v) is 13.2. The first-order valence-electron chi connectivity index (χ1n) is 5.94. The number of benzene rings is 1. The van der Waals surface area contributed by atoms with E-state index >= 15 is 0 Å². The summed E-state index contributed by atoms with van der Waals surface area (Å²) in [6, 6.07) is 10.2. The minimum atomic E-state index is -3.56. The summed E-state index contributed by atoms with van der Waals surface area (Å²) in [5.74, 6) is 0. The average molecular weight is 326 g/mol. The summed E-state index contributed by atoms with van der Waals surface area (Å²) in [5.41, 5.74) is 6.61. The van der Waals surface area contributed by atoms with Gasteiger partial charge >= 0.3 is 0 Å². The molecule has 0 aliphatic rings. The van der Waals surface area contributed by atoms with E-state index < -0.39 is 10.0 Å². The van der Waals surface area contributed by atoms with Crippen LogP contribution >= 0.6 is 23.6 Å². The zero-order chi connectivity index (χ0) is 14.8. The molecule has 0 saturated heterocycles. The lowest BCUT2D eigenvalue weighted by molar-refractivity contribution is 0.603. The van der Waals surface area contributed by atoms with Crippen molar-refractivity contribution in [2.45, 2.75) is 17.6 Å². The summed E-state index contributed by atoms with van der Waals surface area (Å²) in [6.45, 7) is 1.99. The van der Waals surface area contributed by atoms with E-state index in [1.807, 2.05) is 13.0 Å². The second-order valence-electron chi connectivity index (χ2n) is 4.12. The van der Waals surface area contributed by atoms with Crippen molar-refractivity contribution < 1.29 is 8.42 Å². The molecule has 0 aliphatic heterocycles. The molecule has 4 nitrogen and oxygen atoms in total. The maximum absolute atomic E-state index is 12.2. The first-order valence-corrected chi connectivity index (χ1v) is 8.64. The van der Waals surface area contributed by atoms with Gasteiger partial charge in [0.15, 0.2) is 0 Å². The highest BCUT2D eigenvalue weighted by Gasteiger charge is 2.16. The molecule has 1 heterocycles. The number of anilines is 1. The Morgan fingerprint density at radius 3 is 2.70 bits per heavy atom. The zero-order valence-electron chi connectivity index (χ0n) is 10.8. The van der Waals surface area contributed by atoms with Crippen molar-refractivity contribution in [1.29, 1.82) is 0 Å². The van der Waals surface area contributed by atoms with Crippen LogP contribution in [0.5, 0.6) is 0 Å². The van der Waals surface area contributed by atoms with Gasteiger partial charge < -0.3 is 5.73 Å². The van der Waals surface area contributed by atoms with E-state index in [1.54, 1.807) is 30.3 Å². The minimum Gasteiger partial charge on any atom is -0.389 e. The Morgan fingerprint density at radius 2 is 2.10 bits per heavy atom. The number of sulfonamides is 1. The molecule has 0 bridgehead atoms. The van der Waals surface area contributed by atoms with Gasteiger partial charge in [0.25, 0.3) is 10.0 Å². The van der Waals surface area contributed by atoms with E-state index in [9.17, 15) is 8.42 Å². The van der Waals surface area contributed by atoms with E-state index in [1.165, 1.54) is 11.3 Å². The summed E-state index contributed by atoms with van der Waals surface area (Å²) in [4.78, 5) is 1.26. The maximum Gasteiger partial charge on any atom is 0.271 e. The summed E-state index contributed by atoms with van der Waals surface area (Å²) >= 11 is 6.15. The van der Waals surface area contributed by atoms with E-state index in [0.29, 0.717) is 15.5 Å². The Kier molecular flexibility index (Phi) is 4.42. The standard InChI is InChI=1S/C13H14N2O2S3/c1-2-11-6-7-12(19-11)20(16,17)15-10-5-3-4-9(8-10)13(14)18/h3-8,15H,2H2,1H3,(H2,14,18). The quantitative estimate of drug-likeness (QED) is 0.829. The first-order chi connectivity index (χ1) is 9.42. The van der Waals surface area contributed by atoms with Gasteiger partial charge in [-0.25, -0.2) is 8.42 Å². The highest BCUT2D eigenvalue weighted by atomic mass is 32.2. The van der Waals surface area contributed by atoms with Crippen molar-refractivity contribution >= 4 is 44.3 Å². The van der Waals surface area contributed by atoms with Crippen molar-refractivity contribution in [3.05, 3.63) is 46.8 Å². The van der Waals surface area contributed by atoms with Gasteiger partial charge in [-0.1, -0.05) is 31.3 Å². The lowest BCUT2D eigenvalue weighted by Crippen LogP contribution is -2.13. The van der Waals surface area contributed by atoms with Crippen LogP contribution in [0.1, 0.15) is 17.4 Å². The molecule has 0 radical (unpaired) electrons. The predicted molar refractivity (Wildman–Crippen MR) is 86.8 cm³/mol. The number of rotatable bonds is 5. The molecule has 0 saturated carbocycles. The molecule has 3 N–H and O–H groups in total. The third-order valence-corrected chi connectivity index (χ3v) is 5.99. The number of aryl methyl sites for hydroxylation is 1. The van der Waals surface area contributed by atoms with Crippen molar-refractivity contribution in [1.82, 2.24) is 0 Å². The summed E-state index contributed by atoms with van der Waals surface area (Å²) in [6.07, 6.45) is 0.817. The van der Waals surface area contributed by atoms with Crippen LogP contribution < -0.4 is 10.5 Å². The third kappa shape index (κ3) is 3.36. The highest BCUT2D eigenvalue weighted by molar-refractivity contribution is 7.94. The number of nitrogens with one attached hydrogen (secondary N) is 1. The van der Waals surface area contributed by atoms with Gasteiger partial charge in [-0.3, -0.25) is 4.72 Å². The van der Waals surface area contributed by atoms with Crippen LogP contribution in [0.2, 0.25) is 0 Å². The van der Waals surface area contributed by atoms with E-state index in [0.717, 1.165) is 11.3 Å². The van der Waals surface area contributed by atoms with Crippen LogP contribution in [0.4, 0.5) is 5.69 Å². The van der Waals surface area contributed by atoms with Crippen LogP contribution in [0.25, 0.3) is 0 Å². The topological polar surface area (TPSA) is 72.2 Å². The lowest BCUT2D eigenvalue weighted by Gasteiger charge is -2.07. The average Bonchev–Trinajstić information content (AvgIpc) is 2.88. The van der Waals surface area contributed by atoms with Crippen molar-refractivity contribution in [3.8, 4) is 0 Å². The SMILES string of the molecule is CCc1ccc(S(=O)(=O)Nc2cccc(C(N)=S)c2)s1. The van der Waals surface area contributed by atoms with Crippen molar-refractivity contribution in [2.75, 3.05) is 4.72 Å². The van der Waals surface area contributed by atoms with Crippen LogP contribution in [-0.4, -0.2) is 13.4 Å². The molecule has 2 rings (SSSR count). The summed E-state index contributed by atoms with van der Waals surface area (Å²) < 4.78 is 27.3. The molecule has 0 fully saturated rings. The molecule has 20 heavy (non-hydrogen) atoms. The number of hydrogen-bond acceptors (Lipinski definition) is 4. The first kappa shape index (κ1) is 15.0. The molecule has 0 aliphatic carbocycles. The minimum absolute atomic E-state index is 0.232. The van der Waals surface area contributed by atoms with Gasteiger partial charge in [-0.2, -0.15) is 0 Å². The number of hydrogen-bond donors (Lipinski definition) is 2. The van der Waals surface area contributed by atoms with E-state index in [2.05, 4.69) is 4.72 Å². The number of thiocarbonyl (C=S) groups is 1. The Labute approximate surface area is 127 Å². The molecule has 0 amide bonds. The normalized spacial score (nSPS) is 11.2. The molecular formula is C13H14N2O2S3. The van der Waals surface area contributed by atoms with Gasteiger partial charge in [-0.15, -0.1) is 11.3 Å². The fraction of sp³-hybridized carbons (Fsp3) is 0.154. The molecule has 1 aromatic heterocycles. The van der Waals surface area contributed by atoms with Gasteiger partial charge in [-0.05, 0) is 30.7 Å². The second kappa shape index (κ2) is 5.90. The predicted octanol–water partition coefficient (Wildman–Crippen LogP) is 2.75. The molecule has 0 unspecified atom stereocenters. The van der Waals surface area contributed by atoms with Gasteiger partial charge in [0, 0.05) is 16.1 Å². The maximum atomic E-state index is 12.2. The Hall–Kier alpha value is -1.44. The molecule has 0 atom stereocenters. The molecule has 0 spiro atoms. The molecule has 2 aromatic rings. The number of thiophene rings is 1. The highest BCUT2D eigenvalue weighted by Crippen LogP contribution is 2.24. The second-order valence-corrected chi connectivity index (χ2v) is 7.64. The van der Waals surface area contributed by atoms with Crippen molar-refractivity contribution in [3.63, 3.8) is 0 Å². The van der Waals surface area contributed by atoms with Gasteiger partial charge in [0.05, 0.1) is 0 Å². The molecule has 106 valence electrons. The fourth-order valence-corrected chi connectivity index (χ4v) is 4.11. The Balaban J connectivity index is 2.28. The Morgan fingerprint density at radius 1 is 1.35 bits per heavy atom. The molecular weight excluding hydrogens is 312 g/mol. The van der Waals surface area contributed by atoms with Crippen molar-refractivity contribution in [2.24, 2.45) is 5.73 Å². The van der Waals surface area contributed by atoms with Crippen LogP contribution in [0.3, 0.4) is 0 Å². The van der Waals surface area contributed by atoms with Crippen LogP contribution in [0.15, 0.2) is 40.6 Å². The fourth-order valence-electron chi connectivity index (χ4n) is 1.63. The lowest BCUT2D eigenvalue weighted by atomic mass is 10.2. The smallest absolute Gasteiger partial charge is 0.271 e. The van der Waals surface area contributed by atoms with Gasteiger partial charge in [0.2, 0.25) is 0 Å². The van der Waals surface area contributed by atoms with E-state index in [4.69, 9.17) is 18.0 Å². The summed E-state index contributed by atoms with van der Waals surface area (Å²) in [5, 5.41) is 0. The van der Waals surface area contributed by atoms with Crippen LogP contribution in [0, 0.1) is 0 Å². The monoisotopic (exact) mass is 326 g/mol. The molecule has 7 heteroatoms.